The van der Waals surface area contributed by atoms with E-state index in [2.05, 4.69) is 15.1 Å². The Labute approximate surface area is 113 Å². The molecule has 0 amide bonds. The Morgan fingerprint density at radius 2 is 2.26 bits per heavy atom. The van der Waals surface area contributed by atoms with Crippen molar-refractivity contribution in [2.75, 3.05) is 0 Å². The van der Waals surface area contributed by atoms with Gasteiger partial charge in [-0.15, -0.1) is 0 Å². The first kappa shape index (κ1) is 13.3. The Bertz CT molecular complexity index is 592. The lowest BCUT2D eigenvalue weighted by Gasteiger charge is -2.06. The third-order valence-electron chi connectivity index (χ3n) is 2.38. The van der Waals surface area contributed by atoms with Gasteiger partial charge in [0.1, 0.15) is 10.8 Å². The van der Waals surface area contributed by atoms with Gasteiger partial charge in [-0.1, -0.05) is 29.1 Å². The summed E-state index contributed by atoms with van der Waals surface area (Å²) >= 11 is 1.36. The van der Waals surface area contributed by atoms with Crippen LogP contribution in [-0.4, -0.2) is 21.0 Å². The second-order valence-corrected chi connectivity index (χ2v) is 4.59. The number of thioether (sulfide) groups is 1. The number of aromatic nitrogens is 2. The minimum atomic E-state index is -0.491. The molecule has 0 radical (unpaired) electrons. The van der Waals surface area contributed by atoms with Gasteiger partial charge in [-0.2, -0.15) is 0 Å². The van der Waals surface area contributed by atoms with E-state index in [4.69, 9.17) is 10.9 Å². The van der Waals surface area contributed by atoms with Crippen molar-refractivity contribution in [3.63, 3.8) is 0 Å². The molecule has 1 aromatic carbocycles. The van der Waals surface area contributed by atoms with Crippen molar-refractivity contribution < 1.29 is 9.60 Å². The average molecular weight is 278 g/mol. The first-order chi connectivity index (χ1) is 9.22. The first-order valence-electron chi connectivity index (χ1n) is 5.36. The van der Waals surface area contributed by atoms with Crippen molar-refractivity contribution in [1.29, 1.82) is 0 Å². The van der Waals surface area contributed by atoms with E-state index >= 15 is 0 Å². The number of nitrogens with zero attached hydrogens (tertiary/aromatic N) is 3. The van der Waals surface area contributed by atoms with Crippen LogP contribution in [0.2, 0.25) is 0 Å². The molecular weight excluding hydrogens is 267 g/mol. The molecule has 7 heteroatoms. The summed E-state index contributed by atoms with van der Waals surface area (Å²) in [6.07, 6.45) is 4.76. The van der Waals surface area contributed by atoms with Gasteiger partial charge in [-0.3, -0.25) is 4.98 Å². The molecule has 0 saturated heterocycles. The Balaban J connectivity index is 2.17. The summed E-state index contributed by atoms with van der Waals surface area (Å²) in [5, 5.41) is 12.1. The van der Waals surface area contributed by atoms with E-state index in [1.807, 2.05) is 0 Å². The summed E-state index contributed by atoms with van der Waals surface area (Å²) in [6.45, 7) is 0. The Kier molecular flexibility index (Phi) is 4.30. The molecule has 2 aromatic rings. The number of halogens is 1. The fourth-order valence-corrected chi connectivity index (χ4v) is 2.25. The molecule has 0 aliphatic rings. The van der Waals surface area contributed by atoms with Gasteiger partial charge in [0.05, 0.1) is 11.8 Å². The van der Waals surface area contributed by atoms with Gasteiger partial charge in [0.25, 0.3) is 0 Å². The largest absolute Gasteiger partial charge is 0.409 e. The van der Waals surface area contributed by atoms with E-state index in [0.717, 1.165) is 0 Å². The molecule has 3 N–H and O–H groups in total. The second kappa shape index (κ2) is 6.14. The Morgan fingerprint density at radius 1 is 1.42 bits per heavy atom. The summed E-state index contributed by atoms with van der Waals surface area (Å²) in [6, 6.07) is 4.76. The maximum Gasteiger partial charge on any atom is 0.173 e. The van der Waals surface area contributed by atoms with E-state index < -0.39 is 5.82 Å². The molecule has 2 rings (SSSR count). The summed E-state index contributed by atoms with van der Waals surface area (Å²) < 4.78 is 14.1. The number of hydrogen-bond acceptors (Lipinski definition) is 5. The third-order valence-corrected chi connectivity index (χ3v) is 3.34. The minimum absolute atomic E-state index is 0.0831. The molecular formula is C12H11FN4OS. The molecule has 98 valence electrons. The van der Waals surface area contributed by atoms with Gasteiger partial charge in [0.15, 0.2) is 5.84 Å². The predicted octanol–water partition coefficient (Wildman–Crippen LogP) is 2.00. The van der Waals surface area contributed by atoms with Gasteiger partial charge < -0.3 is 10.9 Å². The molecule has 0 saturated carbocycles. The lowest BCUT2D eigenvalue weighted by atomic mass is 10.1. The fourth-order valence-electron chi connectivity index (χ4n) is 1.45. The zero-order chi connectivity index (χ0) is 13.7. The van der Waals surface area contributed by atoms with Gasteiger partial charge in [0.2, 0.25) is 0 Å². The lowest BCUT2D eigenvalue weighted by Crippen LogP contribution is -2.15. The minimum Gasteiger partial charge on any atom is -0.409 e. The van der Waals surface area contributed by atoms with Crippen LogP contribution in [-0.2, 0) is 5.75 Å². The average Bonchev–Trinajstić information content (AvgIpc) is 2.46. The van der Waals surface area contributed by atoms with Crippen LogP contribution in [0.15, 0.2) is 47.0 Å². The van der Waals surface area contributed by atoms with Crippen LogP contribution in [0.3, 0.4) is 0 Å². The standard InChI is InChI=1S/C12H11FN4OS/c13-11-8(2-1-3-9(11)12(14)17-18)7-19-10-6-15-4-5-16-10/h1-6,18H,7H2,(H2,14,17). The highest BCUT2D eigenvalue weighted by Gasteiger charge is 2.11. The van der Waals surface area contributed by atoms with Crippen molar-refractivity contribution in [2.24, 2.45) is 10.9 Å². The highest BCUT2D eigenvalue weighted by atomic mass is 32.2. The molecule has 0 fully saturated rings. The van der Waals surface area contributed by atoms with Crippen LogP contribution in [0.25, 0.3) is 0 Å². The molecule has 5 nitrogen and oxygen atoms in total. The highest BCUT2D eigenvalue weighted by Crippen LogP contribution is 2.23. The topological polar surface area (TPSA) is 84.4 Å². The number of benzene rings is 1. The van der Waals surface area contributed by atoms with Gasteiger partial charge in [-0.25, -0.2) is 9.37 Å². The number of nitrogens with two attached hydrogens (primary N) is 1. The van der Waals surface area contributed by atoms with Crippen LogP contribution in [0.5, 0.6) is 0 Å². The smallest absolute Gasteiger partial charge is 0.173 e. The number of oxime groups is 1. The Hall–Kier alpha value is -2.15. The van der Waals surface area contributed by atoms with E-state index in [-0.39, 0.29) is 11.4 Å². The van der Waals surface area contributed by atoms with Crippen LogP contribution >= 0.6 is 11.8 Å². The van der Waals surface area contributed by atoms with E-state index in [1.54, 1.807) is 30.7 Å². The van der Waals surface area contributed by atoms with Gasteiger partial charge >= 0.3 is 0 Å². The van der Waals surface area contributed by atoms with Crippen LogP contribution in [0.1, 0.15) is 11.1 Å². The lowest BCUT2D eigenvalue weighted by molar-refractivity contribution is 0.318. The van der Waals surface area contributed by atoms with Crippen molar-refractivity contribution in [1.82, 2.24) is 9.97 Å². The summed E-state index contributed by atoms with van der Waals surface area (Å²) in [4.78, 5) is 8.02. The Morgan fingerprint density at radius 3 is 2.95 bits per heavy atom. The van der Waals surface area contributed by atoms with Crippen molar-refractivity contribution in [3.05, 3.63) is 53.7 Å². The molecule has 0 bridgehead atoms. The van der Waals surface area contributed by atoms with Crippen LogP contribution in [0.4, 0.5) is 4.39 Å². The van der Waals surface area contributed by atoms with Crippen molar-refractivity contribution in [2.45, 2.75) is 10.8 Å². The van der Waals surface area contributed by atoms with E-state index in [1.165, 1.54) is 17.8 Å². The summed E-state index contributed by atoms with van der Waals surface area (Å²) in [5.41, 5.74) is 5.94. The van der Waals surface area contributed by atoms with Gasteiger partial charge in [0, 0.05) is 18.1 Å². The van der Waals surface area contributed by atoms with Crippen LogP contribution < -0.4 is 5.73 Å². The molecule has 19 heavy (non-hydrogen) atoms. The highest BCUT2D eigenvalue weighted by molar-refractivity contribution is 7.98. The molecule has 0 atom stereocenters. The summed E-state index contributed by atoms with van der Waals surface area (Å²) in [7, 11) is 0. The van der Waals surface area contributed by atoms with Crippen molar-refractivity contribution >= 4 is 17.6 Å². The van der Waals surface area contributed by atoms with E-state index in [9.17, 15) is 4.39 Å². The zero-order valence-corrected chi connectivity index (χ0v) is 10.6. The van der Waals surface area contributed by atoms with Gasteiger partial charge in [-0.05, 0) is 11.6 Å². The first-order valence-corrected chi connectivity index (χ1v) is 6.35. The van der Waals surface area contributed by atoms with Crippen molar-refractivity contribution in [3.8, 4) is 0 Å². The molecule has 0 aliphatic heterocycles. The molecule has 0 aliphatic carbocycles. The van der Waals surface area contributed by atoms with Crippen LogP contribution in [0, 0.1) is 5.82 Å². The monoisotopic (exact) mass is 278 g/mol. The second-order valence-electron chi connectivity index (χ2n) is 3.60. The maximum atomic E-state index is 14.1. The molecule has 0 spiro atoms. The number of rotatable bonds is 4. The predicted molar refractivity (Wildman–Crippen MR) is 70.5 cm³/mol. The maximum absolute atomic E-state index is 14.1. The van der Waals surface area contributed by atoms with E-state index in [0.29, 0.717) is 16.3 Å². The molecule has 1 heterocycles. The quantitative estimate of drug-likeness (QED) is 0.294. The fraction of sp³-hybridized carbons (Fsp3) is 0.0833. The number of hydrogen-bond donors (Lipinski definition) is 2. The third kappa shape index (κ3) is 3.19. The molecule has 1 aromatic heterocycles. The summed E-state index contributed by atoms with van der Waals surface area (Å²) in [5.74, 6) is -0.352. The zero-order valence-electron chi connectivity index (χ0n) is 9.82. The number of amidine groups is 1. The molecule has 0 unspecified atom stereocenters. The SMILES string of the molecule is N/C(=N/O)c1cccc(CSc2cnccn2)c1F. The normalized spacial score (nSPS) is 11.5.